The Morgan fingerprint density at radius 1 is 1.36 bits per heavy atom. The zero-order chi connectivity index (χ0) is 17.4. The Bertz CT molecular complexity index is 788. The van der Waals surface area contributed by atoms with Gasteiger partial charge in [0.05, 0.1) is 18.4 Å². The maximum Gasteiger partial charge on any atom is 0.257 e. The highest BCUT2D eigenvalue weighted by Crippen LogP contribution is 2.38. The molecule has 0 radical (unpaired) electrons. The number of hydrogen-bond donors (Lipinski definition) is 0. The van der Waals surface area contributed by atoms with Crippen LogP contribution in [-0.4, -0.2) is 54.2 Å². The highest BCUT2D eigenvalue weighted by molar-refractivity contribution is 5.98. The molecule has 1 amide bonds. The monoisotopic (exact) mass is 343 g/mol. The maximum atomic E-state index is 13.1. The third-order valence-electron chi connectivity index (χ3n) is 4.89. The second kappa shape index (κ2) is 6.40. The number of fused-ring (bicyclic) bond motifs is 1. The molecule has 0 bridgehead atoms. The van der Waals surface area contributed by atoms with E-state index in [2.05, 4.69) is 5.10 Å². The molecule has 1 aromatic heterocycles. The molecule has 0 unspecified atom stereocenters. The maximum absolute atomic E-state index is 13.1. The van der Waals surface area contributed by atoms with Gasteiger partial charge in [-0.15, -0.1) is 0 Å². The van der Waals surface area contributed by atoms with Crippen molar-refractivity contribution in [3.8, 4) is 11.5 Å². The summed E-state index contributed by atoms with van der Waals surface area (Å²) in [7, 11) is 3.59. The number of methoxy groups -OCH3 is 1. The molecule has 7 heteroatoms. The largest absolute Gasteiger partial charge is 0.454 e. The normalized spacial score (nSPS) is 21.8. The van der Waals surface area contributed by atoms with Crippen LogP contribution in [-0.2, 0) is 11.8 Å². The number of nitrogens with zero attached hydrogens (tertiary/aromatic N) is 3. The molecule has 2 atom stereocenters. The van der Waals surface area contributed by atoms with Gasteiger partial charge in [0.15, 0.2) is 11.5 Å². The number of likely N-dealkylation sites (tertiary alicyclic amines) is 1. The predicted octanol–water partition coefficient (Wildman–Crippen LogP) is 1.65. The molecule has 25 heavy (non-hydrogen) atoms. The standard InChI is InChI=1S/C18H21N3O4/c1-20-7-12(6-19-20)15-9-21(8-13(15)10-23-2)18(22)14-4-3-5-16-17(14)25-11-24-16/h3-7,13,15H,8-11H2,1-2H3/t13-,15-/m0/s1. The molecular weight excluding hydrogens is 322 g/mol. The minimum absolute atomic E-state index is 0.0326. The fourth-order valence-corrected chi connectivity index (χ4v) is 3.70. The van der Waals surface area contributed by atoms with Gasteiger partial charge >= 0.3 is 0 Å². The van der Waals surface area contributed by atoms with Crippen molar-refractivity contribution in [1.29, 1.82) is 0 Å². The highest BCUT2D eigenvalue weighted by Gasteiger charge is 2.38. The van der Waals surface area contributed by atoms with Crippen molar-refractivity contribution in [2.45, 2.75) is 5.92 Å². The molecule has 1 saturated heterocycles. The summed E-state index contributed by atoms with van der Waals surface area (Å²) in [5.41, 5.74) is 1.69. The van der Waals surface area contributed by atoms with E-state index in [1.807, 2.05) is 36.5 Å². The van der Waals surface area contributed by atoms with Crippen LogP contribution in [0, 0.1) is 5.92 Å². The van der Waals surface area contributed by atoms with Gasteiger partial charge in [0.1, 0.15) is 0 Å². The number of para-hydroxylation sites is 1. The topological polar surface area (TPSA) is 65.8 Å². The Balaban J connectivity index is 1.59. The first kappa shape index (κ1) is 16.0. The number of hydrogen-bond acceptors (Lipinski definition) is 5. The number of ether oxygens (including phenoxy) is 3. The molecule has 1 fully saturated rings. The average molecular weight is 343 g/mol. The number of carbonyl (C=O) groups excluding carboxylic acids is 1. The van der Waals surface area contributed by atoms with Crippen LogP contribution >= 0.6 is 0 Å². The minimum atomic E-state index is -0.0326. The molecule has 2 aliphatic heterocycles. The van der Waals surface area contributed by atoms with Crippen LogP contribution in [0.15, 0.2) is 30.6 Å². The van der Waals surface area contributed by atoms with E-state index < -0.39 is 0 Å². The number of aromatic nitrogens is 2. The number of aryl methyl sites for hydroxylation is 1. The molecule has 132 valence electrons. The van der Waals surface area contributed by atoms with Gasteiger partial charge in [-0.05, 0) is 17.7 Å². The Morgan fingerprint density at radius 3 is 3.00 bits per heavy atom. The lowest BCUT2D eigenvalue weighted by Gasteiger charge is -2.17. The molecular formula is C18H21N3O4. The molecule has 4 rings (SSSR count). The summed E-state index contributed by atoms with van der Waals surface area (Å²) in [6.07, 6.45) is 3.89. The SMILES string of the molecule is COC[C@@H]1CN(C(=O)c2cccc3c2OCO3)C[C@H]1c1cnn(C)c1. The van der Waals surface area contributed by atoms with Gasteiger partial charge in [0, 0.05) is 45.3 Å². The summed E-state index contributed by atoms with van der Waals surface area (Å²) in [5.74, 6) is 1.59. The zero-order valence-electron chi connectivity index (χ0n) is 14.3. The number of rotatable bonds is 4. The van der Waals surface area contributed by atoms with Crippen LogP contribution in [0.3, 0.4) is 0 Å². The molecule has 0 aliphatic carbocycles. The van der Waals surface area contributed by atoms with Gasteiger partial charge in [0.2, 0.25) is 6.79 Å². The highest BCUT2D eigenvalue weighted by atomic mass is 16.7. The van der Waals surface area contributed by atoms with Crippen molar-refractivity contribution in [3.05, 3.63) is 41.7 Å². The van der Waals surface area contributed by atoms with Crippen LogP contribution < -0.4 is 9.47 Å². The first-order valence-electron chi connectivity index (χ1n) is 8.32. The minimum Gasteiger partial charge on any atom is -0.454 e. The third-order valence-corrected chi connectivity index (χ3v) is 4.89. The second-order valence-electron chi connectivity index (χ2n) is 6.52. The summed E-state index contributed by atoms with van der Waals surface area (Å²) in [6.45, 7) is 2.06. The third kappa shape index (κ3) is 2.84. The lowest BCUT2D eigenvalue weighted by atomic mass is 9.92. The molecule has 0 saturated carbocycles. The van der Waals surface area contributed by atoms with Crippen molar-refractivity contribution < 1.29 is 19.0 Å². The summed E-state index contributed by atoms with van der Waals surface area (Å²) >= 11 is 0. The van der Waals surface area contributed by atoms with E-state index in [1.165, 1.54) is 0 Å². The van der Waals surface area contributed by atoms with Gasteiger partial charge in [-0.2, -0.15) is 5.10 Å². The lowest BCUT2D eigenvalue weighted by Crippen LogP contribution is -2.29. The van der Waals surface area contributed by atoms with Gasteiger partial charge in [-0.25, -0.2) is 0 Å². The van der Waals surface area contributed by atoms with Gasteiger partial charge in [-0.3, -0.25) is 9.48 Å². The molecule has 0 N–H and O–H groups in total. The number of benzene rings is 1. The van der Waals surface area contributed by atoms with E-state index in [1.54, 1.807) is 17.9 Å². The van der Waals surface area contributed by atoms with Crippen molar-refractivity contribution >= 4 is 5.91 Å². The summed E-state index contributed by atoms with van der Waals surface area (Å²) in [5, 5.41) is 4.27. The summed E-state index contributed by atoms with van der Waals surface area (Å²) < 4.78 is 18.0. The molecule has 3 heterocycles. The summed E-state index contributed by atoms with van der Waals surface area (Å²) in [4.78, 5) is 14.9. The summed E-state index contributed by atoms with van der Waals surface area (Å²) in [6, 6.07) is 5.43. The van der Waals surface area contributed by atoms with Crippen LogP contribution in [0.1, 0.15) is 21.8 Å². The fraction of sp³-hybridized carbons (Fsp3) is 0.444. The predicted molar refractivity (Wildman–Crippen MR) is 89.8 cm³/mol. The average Bonchev–Trinajstić information content (AvgIpc) is 3.33. The molecule has 2 aliphatic rings. The molecule has 1 aromatic carbocycles. The van der Waals surface area contributed by atoms with Gasteiger partial charge in [0.25, 0.3) is 5.91 Å². The van der Waals surface area contributed by atoms with Gasteiger partial charge < -0.3 is 19.1 Å². The van der Waals surface area contributed by atoms with Crippen LogP contribution in [0.4, 0.5) is 0 Å². The van der Waals surface area contributed by atoms with Crippen molar-refractivity contribution in [1.82, 2.24) is 14.7 Å². The lowest BCUT2D eigenvalue weighted by molar-refractivity contribution is 0.0770. The Morgan fingerprint density at radius 2 is 2.24 bits per heavy atom. The number of amides is 1. The molecule has 2 aromatic rings. The van der Waals surface area contributed by atoms with Crippen molar-refractivity contribution in [2.24, 2.45) is 13.0 Å². The van der Waals surface area contributed by atoms with E-state index in [4.69, 9.17) is 14.2 Å². The smallest absolute Gasteiger partial charge is 0.257 e. The van der Waals surface area contributed by atoms with E-state index in [-0.39, 0.29) is 24.5 Å². The van der Waals surface area contributed by atoms with Crippen LogP contribution in [0.5, 0.6) is 11.5 Å². The Kier molecular flexibility index (Phi) is 4.09. The first-order chi connectivity index (χ1) is 12.2. The second-order valence-corrected chi connectivity index (χ2v) is 6.52. The number of carbonyl (C=O) groups is 1. The Labute approximate surface area is 146 Å². The Hall–Kier alpha value is -2.54. The van der Waals surface area contributed by atoms with E-state index >= 15 is 0 Å². The first-order valence-corrected chi connectivity index (χ1v) is 8.32. The fourth-order valence-electron chi connectivity index (χ4n) is 3.70. The molecule has 7 nitrogen and oxygen atoms in total. The van der Waals surface area contributed by atoms with Crippen LogP contribution in [0.2, 0.25) is 0 Å². The quantitative estimate of drug-likeness (QED) is 0.845. The van der Waals surface area contributed by atoms with Gasteiger partial charge in [-0.1, -0.05) is 6.07 Å². The van der Waals surface area contributed by atoms with E-state index in [9.17, 15) is 4.79 Å². The van der Waals surface area contributed by atoms with E-state index in [0.29, 0.717) is 36.8 Å². The molecule has 0 spiro atoms. The van der Waals surface area contributed by atoms with Crippen molar-refractivity contribution in [2.75, 3.05) is 33.6 Å². The van der Waals surface area contributed by atoms with Crippen molar-refractivity contribution in [3.63, 3.8) is 0 Å². The zero-order valence-corrected chi connectivity index (χ0v) is 14.3. The van der Waals surface area contributed by atoms with E-state index in [0.717, 1.165) is 5.56 Å². The van der Waals surface area contributed by atoms with Crippen LogP contribution in [0.25, 0.3) is 0 Å².